The maximum atomic E-state index is 4.50. The Labute approximate surface area is 119 Å². The first kappa shape index (κ1) is 12.9. The molecule has 3 rings (SSSR count). The van der Waals surface area contributed by atoms with E-state index in [0.717, 1.165) is 31.0 Å². The predicted octanol–water partition coefficient (Wildman–Crippen LogP) is 2.86. The summed E-state index contributed by atoms with van der Waals surface area (Å²) in [5, 5.41) is 3.17. The van der Waals surface area contributed by atoms with Crippen LogP contribution in [0.4, 0.5) is 11.5 Å². The van der Waals surface area contributed by atoms with Crippen LogP contribution in [-0.4, -0.2) is 22.6 Å². The van der Waals surface area contributed by atoms with Gasteiger partial charge in [-0.25, -0.2) is 4.98 Å². The molecular weight excluding hydrogens is 248 g/mol. The molecule has 20 heavy (non-hydrogen) atoms. The van der Waals surface area contributed by atoms with E-state index in [1.165, 1.54) is 11.3 Å². The van der Waals surface area contributed by atoms with E-state index in [1.54, 1.807) is 0 Å². The Balaban J connectivity index is 1.77. The minimum Gasteiger partial charge on any atom is -0.369 e. The van der Waals surface area contributed by atoms with Crippen LogP contribution in [0.5, 0.6) is 0 Å². The van der Waals surface area contributed by atoms with Crippen molar-refractivity contribution in [3.63, 3.8) is 0 Å². The van der Waals surface area contributed by atoms with E-state index in [1.807, 2.05) is 12.4 Å². The van der Waals surface area contributed by atoms with Crippen LogP contribution in [0.2, 0.25) is 0 Å². The molecule has 0 radical (unpaired) electrons. The fraction of sp³-hybridized carbons (Fsp3) is 0.375. The van der Waals surface area contributed by atoms with Gasteiger partial charge in [-0.1, -0.05) is 18.2 Å². The summed E-state index contributed by atoms with van der Waals surface area (Å²) in [5.41, 5.74) is 3.77. The molecule has 0 saturated heterocycles. The van der Waals surface area contributed by atoms with Gasteiger partial charge >= 0.3 is 0 Å². The van der Waals surface area contributed by atoms with Gasteiger partial charge in [-0.15, -0.1) is 0 Å². The number of benzene rings is 1. The highest BCUT2D eigenvalue weighted by Crippen LogP contribution is 2.32. The molecule has 1 atom stereocenters. The van der Waals surface area contributed by atoms with Crippen molar-refractivity contribution < 1.29 is 0 Å². The maximum absolute atomic E-state index is 4.50. The summed E-state index contributed by atoms with van der Waals surface area (Å²) in [5.74, 6) is 0.839. The van der Waals surface area contributed by atoms with Crippen molar-refractivity contribution in [2.24, 2.45) is 0 Å². The molecule has 0 spiro atoms. The summed E-state index contributed by atoms with van der Waals surface area (Å²) < 4.78 is 0. The van der Waals surface area contributed by atoms with Crippen molar-refractivity contribution in [1.29, 1.82) is 0 Å². The zero-order valence-corrected chi connectivity index (χ0v) is 12.0. The van der Waals surface area contributed by atoms with Crippen LogP contribution >= 0.6 is 0 Å². The Hall–Kier alpha value is -2.10. The first-order valence-corrected chi connectivity index (χ1v) is 7.17. The lowest BCUT2D eigenvalue weighted by Crippen LogP contribution is -2.29. The van der Waals surface area contributed by atoms with Gasteiger partial charge in [-0.2, -0.15) is 0 Å². The molecule has 2 aromatic rings. The molecule has 104 valence electrons. The third kappa shape index (κ3) is 2.46. The molecule has 0 bridgehead atoms. The first-order chi connectivity index (χ1) is 9.78. The maximum Gasteiger partial charge on any atom is 0.144 e. The van der Waals surface area contributed by atoms with E-state index in [9.17, 15) is 0 Å². The molecule has 1 aromatic carbocycles. The Bertz CT molecular complexity index is 579. The topological polar surface area (TPSA) is 41.1 Å². The first-order valence-electron chi connectivity index (χ1n) is 7.17. The Morgan fingerprint density at radius 1 is 1.25 bits per heavy atom. The van der Waals surface area contributed by atoms with Crippen LogP contribution in [0.3, 0.4) is 0 Å². The van der Waals surface area contributed by atoms with Crippen molar-refractivity contribution >= 4 is 11.5 Å². The van der Waals surface area contributed by atoms with Crippen molar-refractivity contribution in [1.82, 2.24) is 9.97 Å². The average Bonchev–Trinajstić information content (AvgIpc) is 2.78. The van der Waals surface area contributed by atoms with Crippen LogP contribution in [0, 0.1) is 0 Å². The molecule has 0 saturated carbocycles. The highest BCUT2D eigenvalue weighted by Gasteiger charge is 2.25. The van der Waals surface area contributed by atoms with E-state index in [0.29, 0.717) is 6.04 Å². The van der Waals surface area contributed by atoms with E-state index < -0.39 is 0 Å². The highest BCUT2D eigenvalue weighted by molar-refractivity contribution is 5.59. The van der Waals surface area contributed by atoms with Crippen molar-refractivity contribution in [3.8, 4) is 0 Å². The molecule has 1 aromatic heterocycles. The summed E-state index contributed by atoms with van der Waals surface area (Å²) in [6.45, 7) is 6.00. The molecule has 4 heteroatoms. The van der Waals surface area contributed by atoms with Gasteiger partial charge in [-0.3, -0.25) is 4.98 Å². The number of aromatic nitrogens is 2. The third-order valence-electron chi connectivity index (χ3n) is 3.74. The molecule has 0 aliphatic carbocycles. The van der Waals surface area contributed by atoms with E-state index in [-0.39, 0.29) is 0 Å². The standard InChI is InChI=1S/C16H20N4/c1-3-17-16-10-18-14(9-19-16)11-20-12(2)8-13-6-4-5-7-15(13)20/h4-7,9-10,12H,3,8,11H2,1-2H3,(H,17,19). The molecule has 4 nitrogen and oxygen atoms in total. The Morgan fingerprint density at radius 2 is 2.10 bits per heavy atom. The molecule has 1 aliphatic rings. The second-order valence-electron chi connectivity index (χ2n) is 5.23. The fourth-order valence-electron chi connectivity index (χ4n) is 2.75. The number of hydrogen-bond acceptors (Lipinski definition) is 4. The zero-order chi connectivity index (χ0) is 13.9. The highest BCUT2D eigenvalue weighted by atomic mass is 15.2. The number of nitrogens with one attached hydrogen (secondary N) is 1. The SMILES string of the molecule is CCNc1cnc(CN2c3ccccc3CC2C)cn1. The molecular formula is C16H20N4. The summed E-state index contributed by atoms with van der Waals surface area (Å²) in [4.78, 5) is 11.3. The van der Waals surface area contributed by atoms with Gasteiger partial charge in [0.2, 0.25) is 0 Å². The number of nitrogens with zero attached hydrogens (tertiary/aromatic N) is 3. The number of rotatable bonds is 4. The van der Waals surface area contributed by atoms with Gasteiger partial charge in [0, 0.05) is 18.3 Å². The smallest absolute Gasteiger partial charge is 0.144 e. The minimum atomic E-state index is 0.516. The molecule has 2 heterocycles. The summed E-state index contributed by atoms with van der Waals surface area (Å²) in [6.07, 6.45) is 4.79. The molecule has 0 amide bonds. The summed E-state index contributed by atoms with van der Waals surface area (Å²) >= 11 is 0. The van der Waals surface area contributed by atoms with Gasteiger partial charge in [-0.05, 0) is 31.9 Å². The van der Waals surface area contributed by atoms with Crippen molar-refractivity contribution in [2.45, 2.75) is 32.9 Å². The largest absolute Gasteiger partial charge is 0.369 e. The summed E-state index contributed by atoms with van der Waals surface area (Å²) in [6, 6.07) is 9.14. The van der Waals surface area contributed by atoms with Gasteiger partial charge in [0.25, 0.3) is 0 Å². The lowest BCUT2D eigenvalue weighted by atomic mass is 10.1. The van der Waals surface area contributed by atoms with Crippen LogP contribution in [0.25, 0.3) is 0 Å². The van der Waals surface area contributed by atoms with Gasteiger partial charge in [0.05, 0.1) is 24.6 Å². The normalized spacial score (nSPS) is 17.1. The van der Waals surface area contributed by atoms with E-state index in [2.05, 4.69) is 58.3 Å². The van der Waals surface area contributed by atoms with E-state index >= 15 is 0 Å². The Kier molecular flexibility index (Phi) is 3.54. The lowest BCUT2D eigenvalue weighted by Gasteiger charge is -2.24. The number of anilines is 2. The lowest BCUT2D eigenvalue weighted by molar-refractivity contribution is 0.663. The van der Waals surface area contributed by atoms with Crippen LogP contribution < -0.4 is 10.2 Å². The molecule has 1 aliphatic heterocycles. The zero-order valence-electron chi connectivity index (χ0n) is 12.0. The third-order valence-corrected chi connectivity index (χ3v) is 3.74. The average molecular weight is 268 g/mol. The quantitative estimate of drug-likeness (QED) is 0.925. The van der Waals surface area contributed by atoms with Crippen LogP contribution in [0.15, 0.2) is 36.7 Å². The fourth-order valence-corrected chi connectivity index (χ4v) is 2.75. The number of hydrogen-bond donors (Lipinski definition) is 1. The predicted molar refractivity (Wildman–Crippen MR) is 82.0 cm³/mol. The number of fused-ring (bicyclic) bond motifs is 1. The van der Waals surface area contributed by atoms with Crippen LogP contribution in [0.1, 0.15) is 25.1 Å². The summed E-state index contributed by atoms with van der Waals surface area (Å²) in [7, 11) is 0. The minimum absolute atomic E-state index is 0.516. The second kappa shape index (κ2) is 5.49. The van der Waals surface area contributed by atoms with E-state index in [4.69, 9.17) is 0 Å². The number of para-hydroxylation sites is 1. The molecule has 1 N–H and O–H groups in total. The van der Waals surface area contributed by atoms with Gasteiger partial charge < -0.3 is 10.2 Å². The van der Waals surface area contributed by atoms with Crippen molar-refractivity contribution in [2.75, 3.05) is 16.8 Å². The second-order valence-corrected chi connectivity index (χ2v) is 5.23. The van der Waals surface area contributed by atoms with Gasteiger partial charge in [0.15, 0.2) is 0 Å². The molecule has 1 unspecified atom stereocenters. The molecule has 0 fully saturated rings. The van der Waals surface area contributed by atoms with Crippen molar-refractivity contribution in [3.05, 3.63) is 47.9 Å². The van der Waals surface area contributed by atoms with Gasteiger partial charge in [0.1, 0.15) is 5.82 Å². The monoisotopic (exact) mass is 268 g/mol. The Morgan fingerprint density at radius 3 is 2.85 bits per heavy atom. The van der Waals surface area contributed by atoms with Crippen LogP contribution in [-0.2, 0) is 13.0 Å².